The van der Waals surface area contributed by atoms with Gasteiger partial charge in [-0.15, -0.1) is 0 Å². The lowest BCUT2D eigenvalue weighted by molar-refractivity contribution is -0.113. The van der Waals surface area contributed by atoms with Crippen LogP contribution in [-0.4, -0.2) is 15.7 Å². The number of carbonyl (C=O) groups excluding carboxylic acids is 2. The van der Waals surface area contributed by atoms with Crippen molar-refractivity contribution in [2.75, 3.05) is 4.90 Å². The standard InChI is InChI=1S/C27H21ClN2O2S/c1-2-19-11-8-12-21-20(17-29(25(19)21)16-18-9-4-3-5-10-18)15-24-26(31)30(27(32)33-24)23-14-7-6-13-22(23)28/h3-15,17H,2,16H2,1H3/b24-15-. The van der Waals surface area contributed by atoms with Gasteiger partial charge < -0.3 is 4.57 Å². The number of carbonyl (C=O) groups is 2. The zero-order valence-electron chi connectivity index (χ0n) is 18.0. The monoisotopic (exact) mass is 472 g/mol. The van der Waals surface area contributed by atoms with Gasteiger partial charge in [0.15, 0.2) is 0 Å². The molecule has 4 nitrogen and oxygen atoms in total. The summed E-state index contributed by atoms with van der Waals surface area (Å²) in [5, 5.41) is 1.09. The zero-order valence-corrected chi connectivity index (χ0v) is 19.6. The van der Waals surface area contributed by atoms with E-state index in [0.29, 0.717) is 15.6 Å². The van der Waals surface area contributed by atoms with Gasteiger partial charge in [-0.2, -0.15) is 0 Å². The van der Waals surface area contributed by atoms with E-state index in [9.17, 15) is 9.59 Å². The Kier molecular flexibility index (Phi) is 5.83. The highest BCUT2D eigenvalue weighted by atomic mass is 35.5. The van der Waals surface area contributed by atoms with Crippen molar-refractivity contribution in [3.05, 3.63) is 106 Å². The van der Waals surface area contributed by atoms with Gasteiger partial charge >= 0.3 is 0 Å². The Morgan fingerprint density at radius 3 is 2.45 bits per heavy atom. The number of imide groups is 1. The molecule has 6 heteroatoms. The van der Waals surface area contributed by atoms with E-state index in [1.54, 1.807) is 24.3 Å². The summed E-state index contributed by atoms with van der Waals surface area (Å²) in [6.07, 6.45) is 4.80. The van der Waals surface area contributed by atoms with E-state index in [-0.39, 0.29) is 11.1 Å². The lowest BCUT2D eigenvalue weighted by Crippen LogP contribution is -2.27. The molecule has 4 aromatic rings. The Morgan fingerprint density at radius 2 is 1.70 bits per heavy atom. The number of rotatable bonds is 5. The van der Waals surface area contributed by atoms with Crippen LogP contribution in [0, 0.1) is 0 Å². The quantitative estimate of drug-likeness (QED) is 0.290. The molecule has 33 heavy (non-hydrogen) atoms. The third-order valence-electron chi connectivity index (χ3n) is 5.76. The molecular formula is C27H21ClN2O2S. The highest BCUT2D eigenvalue weighted by Crippen LogP contribution is 2.39. The Balaban J connectivity index is 1.59. The molecule has 1 aromatic heterocycles. The second-order valence-corrected chi connectivity index (χ2v) is 9.23. The van der Waals surface area contributed by atoms with E-state index >= 15 is 0 Å². The van der Waals surface area contributed by atoms with Crippen LogP contribution in [0.5, 0.6) is 0 Å². The van der Waals surface area contributed by atoms with Gasteiger partial charge in [0.25, 0.3) is 11.1 Å². The maximum Gasteiger partial charge on any atom is 0.298 e. The third kappa shape index (κ3) is 3.99. The Bertz CT molecular complexity index is 1410. The molecule has 0 aliphatic carbocycles. The summed E-state index contributed by atoms with van der Waals surface area (Å²) in [6, 6.07) is 23.4. The minimum atomic E-state index is -0.353. The van der Waals surface area contributed by atoms with Crippen LogP contribution < -0.4 is 4.90 Å². The van der Waals surface area contributed by atoms with Gasteiger partial charge in [0, 0.05) is 23.7 Å². The largest absolute Gasteiger partial charge is 0.342 e. The molecule has 0 spiro atoms. The summed E-state index contributed by atoms with van der Waals surface area (Å²) >= 11 is 7.20. The van der Waals surface area contributed by atoms with E-state index < -0.39 is 0 Å². The van der Waals surface area contributed by atoms with Gasteiger partial charge in [-0.1, -0.05) is 79.2 Å². The number of fused-ring (bicyclic) bond motifs is 1. The maximum absolute atomic E-state index is 13.2. The minimum absolute atomic E-state index is 0.346. The number of hydrogen-bond donors (Lipinski definition) is 0. The lowest BCUT2D eigenvalue weighted by Gasteiger charge is -2.13. The van der Waals surface area contributed by atoms with Crippen molar-refractivity contribution in [1.82, 2.24) is 4.57 Å². The van der Waals surface area contributed by atoms with Crippen molar-refractivity contribution in [2.45, 2.75) is 19.9 Å². The van der Waals surface area contributed by atoms with E-state index in [1.807, 2.05) is 30.3 Å². The topological polar surface area (TPSA) is 42.3 Å². The summed E-state index contributed by atoms with van der Waals surface area (Å²) in [5.74, 6) is -0.353. The number of aromatic nitrogens is 1. The minimum Gasteiger partial charge on any atom is -0.342 e. The van der Waals surface area contributed by atoms with E-state index in [0.717, 1.165) is 46.1 Å². The van der Waals surface area contributed by atoms with Crippen LogP contribution in [0.3, 0.4) is 0 Å². The zero-order chi connectivity index (χ0) is 22.9. The molecule has 0 atom stereocenters. The summed E-state index contributed by atoms with van der Waals surface area (Å²) in [5.41, 5.74) is 4.92. The van der Waals surface area contributed by atoms with Crippen molar-refractivity contribution in [2.24, 2.45) is 0 Å². The fourth-order valence-electron chi connectivity index (χ4n) is 4.22. The molecule has 1 aliphatic rings. The summed E-state index contributed by atoms with van der Waals surface area (Å²) in [7, 11) is 0. The van der Waals surface area contributed by atoms with Crippen molar-refractivity contribution in [3.8, 4) is 0 Å². The highest BCUT2D eigenvalue weighted by Gasteiger charge is 2.37. The molecule has 0 saturated carbocycles. The van der Waals surface area contributed by atoms with Gasteiger partial charge in [-0.25, -0.2) is 4.90 Å². The van der Waals surface area contributed by atoms with E-state index in [4.69, 9.17) is 11.6 Å². The first kappa shape index (κ1) is 21.6. The van der Waals surface area contributed by atoms with Crippen molar-refractivity contribution >= 4 is 57.2 Å². The smallest absolute Gasteiger partial charge is 0.298 e. The van der Waals surface area contributed by atoms with Gasteiger partial charge in [0.05, 0.1) is 21.1 Å². The molecule has 1 aliphatic heterocycles. The SMILES string of the molecule is CCc1cccc2c(/C=C3\SC(=O)N(c4ccccc4Cl)C3=O)cn(Cc3ccccc3)c12. The van der Waals surface area contributed by atoms with Crippen LogP contribution in [-0.2, 0) is 17.8 Å². The second-order valence-electron chi connectivity index (χ2n) is 7.83. The van der Waals surface area contributed by atoms with Gasteiger partial charge in [-0.3, -0.25) is 9.59 Å². The molecule has 5 rings (SSSR count). The first-order valence-corrected chi connectivity index (χ1v) is 11.9. The summed E-state index contributed by atoms with van der Waals surface area (Å²) in [6.45, 7) is 2.87. The lowest BCUT2D eigenvalue weighted by atomic mass is 10.1. The number of hydrogen-bond acceptors (Lipinski definition) is 3. The summed E-state index contributed by atoms with van der Waals surface area (Å²) in [4.78, 5) is 27.4. The molecule has 1 fully saturated rings. The first-order chi connectivity index (χ1) is 16.1. The van der Waals surface area contributed by atoms with Gasteiger partial charge in [0.1, 0.15) is 0 Å². The average Bonchev–Trinajstić information content (AvgIpc) is 3.31. The fourth-order valence-corrected chi connectivity index (χ4v) is 5.27. The molecule has 3 aromatic carbocycles. The predicted molar refractivity (Wildman–Crippen MR) is 137 cm³/mol. The molecule has 2 heterocycles. The van der Waals surface area contributed by atoms with Gasteiger partial charge in [-0.05, 0) is 47.5 Å². The van der Waals surface area contributed by atoms with Crippen LogP contribution in [0.4, 0.5) is 10.5 Å². The van der Waals surface area contributed by atoms with Crippen LogP contribution in [0.15, 0.2) is 83.9 Å². The number of amides is 2. The number of nitrogens with zero attached hydrogens (tertiary/aromatic N) is 2. The maximum atomic E-state index is 13.2. The first-order valence-electron chi connectivity index (χ1n) is 10.7. The number of para-hydroxylation sites is 2. The third-order valence-corrected chi connectivity index (χ3v) is 6.95. The molecule has 2 amide bonds. The highest BCUT2D eigenvalue weighted by molar-refractivity contribution is 8.19. The van der Waals surface area contributed by atoms with Crippen molar-refractivity contribution in [1.29, 1.82) is 0 Å². The summed E-state index contributed by atoms with van der Waals surface area (Å²) < 4.78 is 2.23. The predicted octanol–water partition coefficient (Wildman–Crippen LogP) is 7.15. The Labute approximate surface area is 201 Å². The Hall–Kier alpha value is -3.28. The van der Waals surface area contributed by atoms with Gasteiger partial charge in [0.2, 0.25) is 0 Å². The molecule has 0 unspecified atom stereocenters. The van der Waals surface area contributed by atoms with Crippen LogP contribution in [0.2, 0.25) is 5.02 Å². The average molecular weight is 473 g/mol. The second kappa shape index (κ2) is 8.93. The van der Waals surface area contributed by atoms with Crippen LogP contribution in [0.25, 0.3) is 17.0 Å². The fraction of sp³-hybridized carbons (Fsp3) is 0.111. The van der Waals surface area contributed by atoms with Crippen molar-refractivity contribution < 1.29 is 9.59 Å². The number of benzene rings is 3. The van der Waals surface area contributed by atoms with E-state index in [1.165, 1.54) is 11.1 Å². The number of anilines is 1. The Morgan fingerprint density at radius 1 is 0.939 bits per heavy atom. The normalized spacial score (nSPS) is 15.2. The van der Waals surface area contributed by atoms with Crippen molar-refractivity contribution in [3.63, 3.8) is 0 Å². The number of aryl methyl sites for hydroxylation is 1. The molecular weight excluding hydrogens is 452 g/mol. The van der Waals surface area contributed by atoms with E-state index in [2.05, 4.69) is 42.0 Å². The van der Waals surface area contributed by atoms with Crippen LogP contribution >= 0.6 is 23.4 Å². The van der Waals surface area contributed by atoms with Crippen LogP contribution in [0.1, 0.15) is 23.6 Å². The molecule has 0 radical (unpaired) electrons. The molecule has 0 N–H and O–H groups in total. The number of halogens is 1. The molecule has 1 saturated heterocycles. The number of thioether (sulfide) groups is 1. The molecule has 164 valence electrons. The molecule has 0 bridgehead atoms.